The second kappa shape index (κ2) is 3.99. The molecule has 0 aromatic carbocycles. The number of nitrogens with zero attached hydrogens (tertiary/aromatic N) is 4. The monoisotopic (exact) mass is 262 g/mol. The van der Waals surface area contributed by atoms with Crippen molar-refractivity contribution >= 4 is 11.6 Å². The summed E-state index contributed by atoms with van der Waals surface area (Å²) in [5, 5.41) is 3.57. The summed E-state index contributed by atoms with van der Waals surface area (Å²) in [6, 6.07) is 1.21. The molecule has 0 aliphatic heterocycles. The molecule has 0 spiro atoms. The molecular weight excluding hydrogens is 257 g/mol. The molecule has 2 aromatic rings. The number of alkyl halides is 3. The Balaban J connectivity index is 2.52. The Hall–Kier alpha value is -1.63. The molecule has 2 aromatic heterocycles. The molecule has 0 saturated carbocycles. The Morgan fingerprint density at radius 2 is 2.00 bits per heavy atom. The van der Waals surface area contributed by atoms with Gasteiger partial charge in [-0.15, -0.1) is 0 Å². The summed E-state index contributed by atoms with van der Waals surface area (Å²) in [7, 11) is 0. The van der Waals surface area contributed by atoms with Crippen LogP contribution in [0.3, 0.4) is 0 Å². The quantitative estimate of drug-likeness (QED) is 0.742. The molecule has 8 heteroatoms. The highest BCUT2D eigenvalue weighted by Gasteiger charge is 2.35. The lowest BCUT2D eigenvalue weighted by Gasteiger charge is -2.07. The van der Waals surface area contributed by atoms with Gasteiger partial charge in [-0.3, -0.25) is 0 Å². The highest BCUT2D eigenvalue weighted by molar-refractivity contribution is 6.29. The molecule has 0 N–H and O–H groups in total. The first-order valence-electron chi connectivity index (χ1n) is 4.50. The van der Waals surface area contributed by atoms with Crippen LogP contribution in [-0.4, -0.2) is 19.7 Å². The first-order chi connectivity index (χ1) is 7.86. The van der Waals surface area contributed by atoms with Gasteiger partial charge >= 0.3 is 6.18 Å². The summed E-state index contributed by atoms with van der Waals surface area (Å²) in [4.78, 5) is 6.49. The smallest absolute Gasteiger partial charge is 0.222 e. The van der Waals surface area contributed by atoms with Gasteiger partial charge in [0, 0.05) is 12.3 Å². The summed E-state index contributed by atoms with van der Waals surface area (Å²) >= 11 is 5.52. The first-order valence-corrected chi connectivity index (χ1v) is 4.87. The second-order valence-corrected chi connectivity index (χ2v) is 3.72. The van der Waals surface area contributed by atoms with Gasteiger partial charge in [0.1, 0.15) is 5.15 Å². The van der Waals surface area contributed by atoms with E-state index in [0.29, 0.717) is 0 Å². The first kappa shape index (κ1) is 11.8. The van der Waals surface area contributed by atoms with Crippen LogP contribution in [0.15, 0.2) is 18.5 Å². The Morgan fingerprint density at radius 3 is 2.53 bits per heavy atom. The molecule has 2 rings (SSSR count). The molecule has 0 radical (unpaired) electrons. The van der Waals surface area contributed by atoms with Crippen LogP contribution in [0.25, 0.3) is 5.82 Å². The lowest BCUT2D eigenvalue weighted by Crippen LogP contribution is -2.13. The normalized spacial score (nSPS) is 11.8. The zero-order valence-corrected chi connectivity index (χ0v) is 9.29. The number of aromatic nitrogens is 4. The van der Waals surface area contributed by atoms with Crippen molar-refractivity contribution in [1.82, 2.24) is 19.7 Å². The van der Waals surface area contributed by atoms with Gasteiger partial charge in [0.25, 0.3) is 0 Å². The standard InChI is InChI=1S/C9H6ClF3N4/c1-5-3-14-17(4-5)7-2-6(10)15-8(16-7)9(11,12)13/h2-4H,1H3. The van der Waals surface area contributed by atoms with E-state index in [1.54, 1.807) is 13.1 Å². The largest absolute Gasteiger partial charge is 0.451 e. The molecule has 2 heterocycles. The van der Waals surface area contributed by atoms with Gasteiger partial charge < -0.3 is 0 Å². The summed E-state index contributed by atoms with van der Waals surface area (Å²) < 4.78 is 38.6. The van der Waals surface area contributed by atoms with Crippen molar-refractivity contribution < 1.29 is 13.2 Å². The molecule has 0 fully saturated rings. The number of halogens is 4. The van der Waals surface area contributed by atoms with Crippen LogP contribution >= 0.6 is 11.6 Å². The number of hydrogen-bond donors (Lipinski definition) is 0. The molecule has 17 heavy (non-hydrogen) atoms. The predicted octanol–water partition coefficient (Wildman–Crippen LogP) is 2.64. The third kappa shape index (κ3) is 2.55. The van der Waals surface area contributed by atoms with Crippen molar-refractivity contribution in [3.05, 3.63) is 35.0 Å². The zero-order valence-electron chi connectivity index (χ0n) is 8.53. The molecule has 4 nitrogen and oxygen atoms in total. The van der Waals surface area contributed by atoms with Crippen molar-refractivity contribution in [2.75, 3.05) is 0 Å². The van der Waals surface area contributed by atoms with Crippen LogP contribution in [-0.2, 0) is 6.18 Å². The van der Waals surface area contributed by atoms with Crippen molar-refractivity contribution in [3.63, 3.8) is 0 Å². The van der Waals surface area contributed by atoms with Crippen molar-refractivity contribution in [2.45, 2.75) is 13.1 Å². The molecule has 0 aliphatic carbocycles. The fraction of sp³-hybridized carbons (Fsp3) is 0.222. The SMILES string of the molecule is Cc1cnn(-c2cc(Cl)nc(C(F)(F)F)n2)c1. The number of rotatable bonds is 1. The average molecular weight is 263 g/mol. The fourth-order valence-electron chi connectivity index (χ4n) is 1.19. The number of aryl methyl sites for hydroxylation is 1. The maximum atomic E-state index is 12.5. The van der Waals surface area contributed by atoms with Gasteiger partial charge in [0.2, 0.25) is 5.82 Å². The van der Waals surface area contributed by atoms with E-state index in [-0.39, 0.29) is 11.0 Å². The maximum Gasteiger partial charge on any atom is 0.451 e. The minimum atomic E-state index is -4.64. The predicted molar refractivity (Wildman–Crippen MR) is 53.9 cm³/mol. The molecule has 0 bridgehead atoms. The van der Waals surface area contributed by atoms with Crippen LogP contribution < -0.4 is 0 Å². The van der Waals surface area contributed by atoms with Crippen LogP contribution in [0, 0.1) is 6.92 Å². The minimum Gasteiger partial charge on any atom is -0.222 e. The lowest BCUT2D eigenvalue weighted by molar-refractivity contribution is -0.145. The van der Waals surface area contributed by atoms with E-state index < -0.39 is 12.0 Å². The van der Waals surface area contributed by atoms with Crippen molar-refractivity contribution in [3.8, 4) is 5.82 Å². The highest BCUT2D eigenvalue weighted by Crippen LogP contribution is 2.27. The number of hydrogen-bond acceptors (Lipinski definition) is 3. The molecule has 90 valence electrons. The molecular formula is C9H6ClF3N4. The van der Waals surface area contributed by atoms with Gasteiger partial charge in [-0.2, -0.15) is 18.3 Å². The Bertz CT molecular complexity index is 549. The molecule has 0 aliphatic rings. The van der Waals surface area contributed by atoms with Crippen LogP contribution in [0.2, 0.25) is 5.15 Å². The maximum absolute atomic E-state index is 12.5. The average Bonchev–Trinajstić information content (AvgIpc) is 2.62. The van der Waals surface area contributed by atoms with E-state index in [2.05, 4.69) is 15.1 Å². The third-order valence-corrected chi connectivity index (χ3v) is 2.07. The van der Waals surface area contributed by atoms with E-state index in [1.165, 1.54) is 16.9 Å². The Kier molecular flexibility index (Phi) is 2.78. The topological polar surface area (TPSA) is 43.6 Å². The summed E-state index contributed by atoms with van der Waals surface area (Å²) in [6.45, 7) is 1.76. The van der Waals surface area contributed by atoms with E-state index in [4.69, 9.17) is 11.6 Å². The molecule has 0 amide bonds. The minimum absolute atomic E-state index is 0.0228. The Morgan fingerprint density at radius 1 is 1.29 bits per heavy atom. The van der Waals surface area contributed by atoms with Gasteiger partial charge in [-0.25, -0.2) is 14.6 Å². The molecule has 0 unspecified atom stereocenters. The third-order valence-electron chi connectivity index (χ3n) is 1.88. The van der Waals surface area contributed by atoms with Crippen molar-refractivity contribution in [1.29, 1.82) is 0 Å². The summed E-state index contributed by atoms with van der Waals surface area (Å²) in [5.41, 5.74) is 0.799. The van der Waals surface area contributed by atoms with Gasteiger partial charge in [0.15, 0.2) is 5.82 Å². The van der Waals surface area contributed by atoms with E-state index in [9.17, 15) is 13.2 Å². The van der Waals surface area contributed by atoms with E-state index in [0.717, 1.165) is 5.56 Å². The van der Waals surface area contributed by atoms with E-state index in [1.807, 2.05) is 0 Å². The Labute approximate surface area is 99.1 Å². The summed E-state index contributed by atoms with van der Waals surface area (Å²) in [5.74, 6) is -1.31. The van der Waals surface area contributed by atoms with Gasteiger partial charge in [-0.05, 0) is 12.5 Å². The lowest BCUT2D eigenvalue weighted by atomic mass is 10.4. The van der Waals surface area contributed by atoms with Crippen LogP contribution in [0.4, 0.5) is 13.2 Å². The highest BCUT2D eigenvalue weighted by atomic mass is 35.5. The van der Waals surface area contributed by atoms with E-state index >= 15 is 0 Å². The van der Waals surface area contributed by atoms with Gasteiger partial charge in [-0.1, -0.05) is 11.6 Å². The van der Waals surface area contributed by atoms with Crippen LogP contribution in [0.1, 0.15) is 11.4 Å². The molecule has 0 saturated heterocycles. The van der Waals surface area contributed by atoms with Crippen molar-refractivity contribution in [2.24, 2.45) is 0 Å². The van der Waals surface area contributed by atoms with Crippen LogP contribution in [0.5, 0.6) is 0 Å². The summed E-state index contributed by atoms with van der Waals surface area (Å²) in [6.07, 6.45) is -1.59. The molecule has 0 atom stereocenters. The second-order valence-electron chi connectivity index (χ2n) is 3.33. The van der Waals surface area contributed by atoms with Gasteiger partial charge in [0.05, 0.1) is 6.20 Å². The fourth-order valence-corrected chi connectivity index (χ4v) is 1.37. The zero-order chi connectivity index (χ0) is 12.6.